The van der Waals surface area contributed by atoms with Crippen molar-refractivity contribution in [1.82, 2.24) is 0 Å². The molecule has 0 aromatic carbocycles. The van der Waals surface area contributed by atoms with Crippen LogP contribution in [0.1, 0.15) is 129 Å². The number of carbonyl (C=O) groups is 2. The Hall–Kier alpha value is -2.08. The van der Waals surface area contributed by atoms with E-state index >= 15 is 0 Å². The topological polar surface area (TPSA) is 152 Å². The first-order valence-electron chi connectivity index (χ1n) is 18.1. The van der Waals surface area contributed by atoms with E-state index in [-0.39, 0.29) is 26.1 Å². The lowest BCUT2D eigenvalue weighted by molar-refractivity contribution is -0.305. The number of allylic oxidation sites excluding steroid dienone is 6. The van der Waals surface area contributed by atoms with Crippen LogP contribution in [0, 0.1) is 0 Å². The molecule has 0 spiro atoms. The van der Waals surface area contributed by atoms with Crippen molar-refractivity contribution in [2.24, 2.45) is 0 Å². The van der Waals surface area contributed by atoms with Gasteiger partial charge in [0.15, 0.2) is 12.4 Å². The highest BCUT2D eigenvalue weighted by atomic mass is 16.7. The van der Waals surface area contributed by atoms with E-state index in [0.717, 1.165) is 51.4 Å². The zero-order valence-corrected chi connectivity index (χ0v) is 29.0. The van der Waals surface area contributed by atoms with Crippen molar-refractivity contribution >= 4 is 11.9 Å². The molecule has 0 radical (unpaired) electrons. The first-order valence-corrected chi connectivity index (χ1v) is 18.1. The average molecular weight is 669 g/mol. The fourth-order valence-electron chi connectivity index (χ4n) is 5.07. The summed E-state index contributed by atoms with van der Waals surface area (Å²) >= 11 is 0. The Bertz CT molecular complexity index is 871. The largest absolute Gasteiger partial charge is 0.462 e. The van der Waals surface area contributed by atoms with Crippen LogP contribution in [-0.4, -0.2) is 89.0 Å². The molecule has 0 saturated carbocycles. The van der Waals surface area contributed by atoms with Crippen molar-refractivity contribution < 1.29 is 49.0 Å². The molecule has 10 heteroatoms. The van der Waals surface area contributed by atoms with Crippen molar-refractivity contribution in [2.75, 3.05) is 19.8 Å². The lowest BCUT2D eigenvalue weighted by Crippen LogP contribution is -2.59. The molecule has 0 aromatic rings. The quantitative estimate of drug-likeness (QED) is 0.0445. The van der Waals surface area contributed by atoms with Crippen molar-refractivity contribution in [3.05, 3.63) is 36.5 Å². The van der Waals surface area contributed by atoms with Gasteiger partial charge in [0, 0.05) is 12.8 Å². The minimum atomic E-state index is -1.60. The summed E-state index contributed by atoms with van der Waals surface area (Å²) in [6, 6.07) is 0. The van der Waals surface area contributed by atoms with Gasteiger partial charge < -0.3 is 39.4 Å². The van der Waals surface area contributed by atoms with E-state index in [0.29, 0.717) is 12.8 Å². The Labute approximate surface area is 283 Å². The van der Waals surface area contributed by atoms with Gasteiger partial charge in [-0.15, -0.1) is 0 Å². The van der Waals surface area contributed by atoms with E-state index in [2.05, 4.69) is 50.3 Å². The summed E-state index contributed by atoms with van der Waals surface area (Å²) in [4.78, 5) is 25.0. The van der Waals surface area contributed by atoms with E-state index in [4.69, 9.17) is 18.9 Å². The number of carbonyl (C=O) groups excluding carboxylic acids is 2. The molecule has 1 aliphatic rings. The number of hydrogen-bond acceptors (Lipinski definition) is 10. The molecule has 1 rings (SSSR count). The van der Waals surface area contributed by atoms with E-state index < -0.39 is 55.4 Å². The van der Waals surface area contributed by atoms with Gasteiger partial charge in [-0.2, -0.15) is 0 Å². The molecular weight excluding hydrogens is 604 g/mol. The number of unbranched alkanes of at least 4 members (excludes halogenated alkanes) is 11. The number of hydrogen-bond donors (Lipinski definition) is 4. The monoisotopic (exact) mass is 668 g/mol. The Morgan fingerprint density at radius 1 is 0.660 bits per heavy atom. The third-order valence-electron chi connectivity index (χ3n) is 8.03. The number of esters is 2. The van der Waals surface area contributed by atoms with Crippen molar-refractivity contribution in [2.45, 2.75) is 166 Å². The summed E-state index contributed by atoms with van der Waals surface area (Å²) in [6.07, 6.45) is 21.8. The Morgan fingerprint density at radius 3 is 1.83 bits per heavy atom. The van der Waals surface area contributed by atoms with Gasteiger partial charge in [-0.05, 0) is 51.4 Å². The van der Waals surface area contributed by atoms with Gasteiger partial charge in [-0.25, -0.2) is 0 Å². The van der Waals surface area contributed by atoms with Gasteiger partial charge in [0.05, 0.1) is 13.2 Å². The maximum Gasteiger partial charge on any atom is 0.306 e. The van der Waals surface area contributed by atoms with Crippen LogP contribution >= 0.6 is 0 Å². The van der Waals surface area contributed by atoms with E-state index in [1.54, 1.807) is 0 Å². The molecule has 47 heavy (non-hydrogen) atoms. The van der Waals surface area contributed by atoms with Crippen LogP contribution in [0.15, 0.2) is 36.5 Å². The van der Waals surface area contributed by atoms with Gasteiger partial charge in [0.25, 0.3) is 0 Å². The van der Waals surface area contributed by atoms with Crippen molar-refractivity contribution in [3.8, 4) is 0 Å². The van der Waals surface area contributed by atoms with Crippen LogP contribution in [0.2, 0.25) is 0 Å². The molecule has 1 heterocycles. The van der Waals surface area contributed by atoms with Gasteiger partial charge in [-0.1, -0.05) is 102 Å². The third kappa shape index (κ3) is 21.5. The number of aliphatic hydroxyl groups is 4. The summed E-state index contributed by atoms with van der Waals surface area (Å²) in [6.45, 7) is 3.26. The molecule has 1 aliphatic heterocycles. The summed E-state index contributed by atoms with van der Waals surface area (Å²) < 4.78 is 21.9. The standard InChI is InChI=1S/C37H64O10/c1-3-5-7-9-11-12-13-14-15-16-17-18-20-21-23-25-32(39)44-28-30(46-33(40)26-24-22-19-10-8-6-4-2)29-45-37-36(43)35(42)34(41)31(27-38)47-37/h11-12,14-15,17-18,30-31,34-38,41-43H,3-10,13,16,19-29H2,1-2H3/b12-11+,15-14+,18-17+/t30-,31-,34+,35?,36?,37-/m0/s1. The maximum atomic E-state index is 12.6. The molecule has 0 amide bonds. The fourth-order valence-corrected chi connectivity index (χ4v) is 5.07. The zero-order valence-electron chi connectivity index (χ0n) is 29.0. The predicted octanol–water partition coefficient (Wildman–Crippen LogP) is 5.99. The molecule has 272 valence electrons. The first-order chi connectivity index (χ1) is 22.8. The van der Waals surface area contributed by atoms with E-state index in [1.165, 1.54) is 38.5 Å². The molecule has 0 aromatic heterocycles. The molecule has 2 unspecified atom stereocenters. The Morgan fingerprint density at radius 2 is 1.19 bits per heavy atom. The summed E-state index contributed by atoms with van der Waals surface area (Å²) in [7, 11) is 0. The predicted molar refractivity (Wildman–Crippen MR) is 182 cm³/mol. The number of ether oxygens (including phenoxy) is 4. The number of rotatable bonds is 28. The van der Waals surface area contributed by atoms with Crippen LogP contribution in [0.3, 0.4) is 0 Å². The molecule has 10 nitrogen and oxygen atoms in total. The molecule has 1 fully saturated rings. The van der Waals surface area contributed by atoms with Crippen LogP contribution in [0.25, 0.3) is 0 Å². The highest BCUT2D eigenvalue weighted by Crippen LogP contribution is 2.22. The van der Waals surface area contributed by atoms with Gasteiger partial charge in [0.2, 0.25) is 0 Å². The second-order valence-corrected chi connectivity index (χ2v) is 12.3. The lowest BCUT2D eigenvalue weighted by atomic mass is 9.99. The third-order valence-corrected chi connectivity index (χ3v) is 8.03. The van der Waals surface area contributed by atoms with Gasteiger partial charge in [-0.3, -0.25) is 9.59 Å². The minimum absolute atomic E-state index is 0.220. The second-order valence-electron chi connectivity index (χ2n) is 12.3. The summed E-state index contributed by atoms with van der Waals surface area (Å²) in [5.74, 6) is -0.863. The molecule has 4 N–H and O–H groups in total. The molecule has 0 aliphatic carbocycles. The SMILES string of the molecule is CCCCC/C=C/C/C=C/C/C=C/CCCCC(=O)OC[C@@H](CO[C@H]1O[C@@H](CO)[C@@H](O)C(O)C1O)OC(=O)CCCCCCCCC. The first kappa shape index (κ1) is 42.9. The molecule has 1 saturated heterocycles. The summed E-state index contributed by atoms with van der Waals surface area (Å²) in [5.41, 5.74) is 0. The summed E-state index contributed by atoms with van der Waals surface area (Å²) in [5, 5.41) is 39.7. The average Bonchev–Trinajstić information content (AvgIpc) is 3.06. The van der Waals surface area contributed by atoms with Crippen LogP contribution in [0.4, 0.5) is 0 Å². The van der Waals surface area contributed by atoms with Crippen molar-refractivity contribution in [3.63, 3.8) is 0 Å². The number of aliphatic hydroxyl groups excluding tert-OH is 4. The van der Waals surface area contributed by atoms with Crippen LogP contribution < -0.4 is 0 Å². The van der Waals surface area contributed by atoms with Crippen molar-refractivity contribution in [1.29, 1.82) is 0 Å². The maximum absolute atomic E-state index is 12.6. The molecule has 6 atom stereocenters. The molecule has 0 bridgehead atoms. The lowest BCUT2D eigenvalue weighted by Gasteiger charge is -2.39. The van der Waals surface area contributed by atoms with Crippen LogP contribution in [0.5, 0.6) is 0 Å². The Balaban J connectivity index is 2.43. The van der Waals surface area contributed by atoms with E-state index in [1.807, 2.05) is 0 Å². The second kappa shape index (κ2) is 28.9. The smallest absolute Gasteiger partial charge is 0.306 e. The minimum Gasteiger partial charge on any atom is -0.462 e. The molecular formula is C37H64O10. The van der Waals surface area contributed by atoms with Gasteiger partial charge >= 0.3 is 11.9 Å². The van der Waals surface area contributed by atoms with Crippen LogP contribution in [-0.2, 0) is 28.5 Å². The van der Waals surface area contributed by atoms with E-state index in [9.17, 15) is 30.0 Å². The zero-order chi connectivity index (χ0) is 34.5. The van der Waals surface area contributed by atoms with Gasteiger partial charge in [0.1, 0.15) is 31.0 Å². The highest BCUT2D eigenvalue weighted by Gasteiger charge is 2.44. The normalized spacial score (nSPS) is 22.4. The highest BCUT2D eigenvalue weighted by molar-refractivity contribution is 5.70. The fraction of sp³-hybridized carbons (Fsp3) is 0.784. The Kier molecular flexibility index (Phi) is 26.4.